The third kappa shape index (κ3) is 4.19. The fourth-order valence-corrected chi connectivity index (χ4v) is 2.72. The van der Waals surface area contributed by atoms with Gasteiger partial charge in [0, 0.05) is 29.6 Å². The van der Waals surface area contributed by atoms with Crippen molar-refractivity contribution in [3.05, 3.63) is 29.8 Å². The van der Waals surface area contributed by atoms with Crippen molar-refractivity contribution in [1.82, 2.24) is 0 Å². The second kappa shape index (κ2) is 7.02. The maximum Gasteiger partial charge on any atom is 0.118 e. The van der Waals surface area contributed by atoms with Crippen molar-refractivity contribution in [2.75, 3.05) is 20.3 Å². The first-order chi connectivity index (χ1) is 8.53. The van der Waals surface area contributed by atoms with Gasteiger partial charge in [-0.25, -0.2) is 0 Å². The second-order valence-corrected chi connectivity index (χ2v) is 6.43. The third-order valence-electron chi connectivity index (χ3n) is 3.19. The lowest BCUT2D eigenvalue weighted by Crippen LogP contribution is -2.33. The molecule has 3 nitrogen and oxygen atoms in total. The lowest BCUT2D eigenvalue weighted by Gasteiger charge is -2.31. The van der Waals surface area contributed by atoms with E-state index in [0.29, 0.717) is 0 Å². The minimum absolute atomic E-state index is 0.0130. The first kappa shape index (κ1) is 15.3. The van der Waals surface area contributed by atoms with E-state index in [-0.39, 0.29) is 23.9 Å². The van der Waals surface area contributed by atoms with E-state index in [1.54, 1.807) is 18.9 Å². The zero-order valence-electron chi connectivity index (χ0n) is 11.2. The third-order valence-corrected chi connectivity index (χ3v) is 4.75. The number of aliphatic hydroxyl groups is 2. The van der Waals surface area contributed by atoms with Gasteiger partial charge in [0.2, 0.25) is 0 Å². The number of methoxy groups -OCH3 is 1. The molecule has 4 heteroatoms. The first-order valence-corrected chi connectivity index (χ1v) is 7.00. The monoisotopic (exact) mass is 270 g/mol. The van der Waals surface area contributed by atoms with Crippen molar-refractivity contribution in [1.29, 1.82) is 0 Å². The lowest BCUT2D eigenvalue weighted by atomic mass is 9.97. The molecule has 1 aromatic carbocycles. The van der Waals surface area contributed by atoms with Crippen LogP contribution in [0.25, 0.3) is 0 Å². The average Bonchev–Trinajstić information content (AvgIpc) is 2.38. The molecule has 0 aliphatic carbocycles. The van der Waals surface area contributed by atoms with E-state index >= 15 is 0 Å². The van der Waals surface area contributed by atoms with Crippen LogP contribution in [0.5, 0.6) is 5.75 Å². The Labute approximate surface area is 113 Å². The Balaban J connectivity index is 2.57. The van der Waals surface area contributed by atoms with Crippen LogP contribution in [0.15, 0.2) is 24.3 Å². The van der Waals surface area contributed by atoms with Crippen molar-refractivity contribution >= 4 is 11.8 Å². The summed E-state index contributed by atoms with van der Waals surface area (Å²) in [4.78, 5) is 0. The normalized spacial score (nSPS) is 11.9. The molecule has 0 bridgehead atoms. The Morgan fingerprint density at radius 3 is 2.17 bits per heavy atom. The van der Waals surface area contributed by atoms with Crippen LogP contribution in [0.1, 0.15) is 19.4 Å². The van der Waals surface area contributed by atoms with Crippen LogP contribution in [0.4, 0.5) is 0 Å². The number of benzene rings is 1. The molecule has 0 fully saturated rings. The molecule has 0 saturated carbocycles. The maximum atomic E-state index is 9.24. The van der Waals surface area contributed by atoms with Crippen LogP contribution in [-0.2, 0) is 5.75 Å². The predicted molar refractivity (Wildman–Crippen MR) is 76.0 cm³/mol. The molecule has 0 aliphatic rings. The molecular formula is C14H22O3S. The Morgan fingerprint density at radius 2 is 1.72 bits per heavy atom. The van der Waals surface area contributed by atoms with E-state index in [1.165, 1.54) is 5.56 Å². The maximum absolute atomic E-state index is 9.24. The van der Waals surface area contributed by atoms with E-state index in [2.05, 4.69) is 13.8 Å². The second-order valence-electron chi connectivity index (χ2n) is 4.80. The molecule has 0 aromatic heterocycles. The molecule has 0 saturated heterocycles. The summed E-state index contributed by atoms with van der Waals surface area (Å²) < 4.78 is 4.97. The number of hydrogen-bond donors (Lipinski definition) is 2. The van der Waals surface area contributed by atoms with Gasteiger partial charge in [0.15, 0.2) is 0 Å². The highest BCUT2D eigenvalue weighted by Crippen LogP contribution is 2.34. The van der Waals surface area contributed by atoms with Crippen molar-refractivity contribution in [2.24, 2.45) is 5.92 Å². The minimum Gasteiger partial charge on any atom is -0.497 e. The summed E-state index contributed by atoms with van der Waals surface area (Å²) in [5.41, 5.74) is 1.21. The van der Waals surface area contributed by atoms with Gasteiger partial charge < -0.3 is 14.9 Å². The average molecular weight is 270 g/mol. The van der Waals surface area contributed by atoms with Crippen LogP contribution >= 0.6 is 11.8 Å². The van der Waals surface area contributed by atoms with Crippen LogP contribution in [0.3, 0.4) is 0 Å². The number of aliphatic hydroxyl groups excluding tert-OH is 2. The van der Waals surface area contributed by atoms with Gasteiger partial charge in [-0.15, -0.1) is 0 Å². The zero-order chi connectivity index (χ0) is 13.6. The smallest absolute Gasteiger partial charge is 0.118 e. The van der Waals surface area contributed by atoms with Crippen molar-refractivity contribution in [3.63, 3.8) is 0 Å². The topological polar surface area (TPSA) is 49.7 Å². The Bertz CT molecular complexity index is 345. The van der Waals surface area contributed by atoms with E-state index in [4.69, 9.17) is 4.74 Å². The summed E-state index contributed by atoms with van der Waals surface area (Å²) in [7, 11) is 1.65. The summed E-state index contributed by atoms with van der Waals surface area (Å²) in [5, 5.41) is 18.5. The van der Waals surface area contributed by atoms with E-state index in [9.17, 15) is 10.2 Å². The number of rotatable bonds is 7. The molecule has 102 valence electrons. The SMILES string of the molecule is COc1ccc(CSC(C)(C)C(CO)CO)cc1. The van der Waals surface area contributed by atoms with Crippen molar-refractivity contribution < 1.29 is 14.9 Å². The molecule has 0 atom stereocenters. The first-order valence-electron chi connectivity index (χ1n) is 6.02. The highest BCUT2D eigenvalue weighted by atomic mass is 32.2. The molecule has 0 radical (unpaired) electrons. The molecule has 1 aromatic rings. The molecule has 18 heavy (non-hydrogen) atoms. The van der Waals surface area contributed by atoms with Crippen molar-refractivity contribution in [2.45, 2.75) is 24.3 Å². The van der Waals surface area contributed by atoms with Gasteiger partial charge in [-0.05, 0) is 17.7 Å². The van der Waals surface area contributed by atoms with Gasteiger partial charge >= 0.3 is 0 Å². The largest absolute Gasteiger partial charge is 0.497 e. The van der Waals surface area contributed by atoms with Crippen molar-refractivity contribution in [3.8, 4) is 5.75 Å². The number of thioether (sulfide) groups is 1. The number of ether oxygens (including phenoxy) is 1. The molecular weight excluding hydrogens is 248 g/mol. The summed E-state index contributed by atoms with van der Waals surface area (Å²) in [6.07, 6.45) is 0. The molecule has 0 unspecified atom stereocenters. The molecule has 0 amide bonds. The van der Waals surface area contributed by atoms with Gasteiger partial charge in [0.05, 0.1) is 7.11 Å². The molecule has 0 heterocycles. The Kier molecular flexibility index (Phi) is 5.99. The van der Waals surface area contributed by atoms with Gasteiger partial charge in [0.1, 0.15) is 5.75 Å². The fourth-order valence-electron chi connectivity index (χ4n) is 1.61. The summed E-state index contributed by atoms with van der Waals surface area (Å²) in [6.45, 7) is 4.13. The molecule has 2 N–H and O–H groups in total. The zero-order valence-corrected chi connectivity index (χ0v) is 12.0. The molecule has 0 spiro atoms. The van der Waals surface area contributed by atoms with E-state index in [1.807, 2.05) is 24.3 Å². The van der Waals surface area contributed by atoms with Crippen LogP contribution in [-0.4, -0.2) is 35.3 Å². The minimum atomic E-state index is -0.149. The van der Waals surface area contributed by atoms with Crippen LogP contribution in [0.2, 0.25) is 0 Å². The van der Waals surface area contributed by atoms with Gasteiger partial charge in [-0.3, -0.25) is 0 Å². The van der Waals surface area contributed by atoms with E-state index < -0.39 is 0 Å². The quantitative estimate of drug-likeness (QED) is 0.798. The summed E-state index contributed by atoms with van der Waals surface area (Å²) >= 11 is 1.74. The Hall–Kier alpha value is -0.710. The summed E-state index contributed by atoms with van der Waals surface area (Å²) in [5.74, 6) is 1.61. The van der Waals surface area contributed by atoms with E-state index in [0.717, 1.165) is 11.5 Å². The fraction of sp³-hybridized carbons (Fsp3) is 0.571. The molecule has 0 aliphatic heterocycles. The highest BCUT2D eigenvalue weighted by molar-refractivity contribution is 7.99. The van der Waals surface area contributed by atoms with Gasteiger partial charge in [0.25, 0.3) is 0 Å². The predicted octanol–water partition coefficient (Wildman–Crippen LogP) is 2.31. The molecule has 1 rings (SSSR count). The highest BCUT2D eigenvalue weighted by Gasteiger charge is 2.28. The van der Waals surface area contributed by atoms with Crippen LogP contribution < -0.4 is 4.74 Å². The van der Waals surface area contributed by atoms with Crippen LogP contribution in [0, 0.1) is 5.92 Å². The lowest BCUT2D eigenvalue weighted by molar-refractivity contribution is 0.130. The summed E-state index contributed by atoms with van der Waals surface area (Å²) in [6, 6.07) is 7.96. The Morgan fingerprint density at radius 1 is 1.17 bits per heavy atom. The van der Waals surface area contributed by atoms with Gasteiger partial charge in [-0.1, -0.05) is 26.0 Å². The van der Waals surface area contributed by atoms with Gasteiger partial charge in [-0.2, -0.15) is 11.8 Å². The number of hydrogen-bond acceptors (Lipinski definition) is 4. The standard InChI is InChI=1S/C14H22O3S/c1-14(2,12(8-15)9-16)18-10-11-4-6-13(17-3)7-5-11/h4-7,12,15-16H,8-10H2,1-3H3.